The molecule has 1 amide bonds. The van der Waals surface area contributed by atoms with E-state index in [9.17, 15) is 14.4 Å². The van der Waals surface area contributed by atoms with Crippen molar-refractivity contribution in [3.8, 4) is 0 Å². The number of ether oxygens (including phenoxy) is 1. The van der Waals surface area contributed by atoms with Gasteiger partial charge < -0.3 is 10.1 Å². The molecule has 0 spiro atoms. The van der Waals surface area contributed by atoms with Crippen molar-refractivity contribution in [2.24, 2.45) is 0 Å². The summed E-state index contributed by atoms with van der Waals surface area (Å²) in [6.45, 7) is 3.33. The highest BCUT2D eigenvalue weighted by Gasteiger charge is 2.21. The van der Waals surface area contributed by atoms with Gasteiger partial charge in [-0.15, -0.1) is 11.3 Å². The molecule has 0 aliphatic heterocycles. The van der Waals surface area contributed by atoms with Crippen molar-refractivity contribution in [2.45, 2.75) is 20.4 Å². The van der Waals surface area contributed by atoms with Gasteiger partial charge in [-0.1, -0.05) is 23.2 Å². The van der Waals surface area contributed by atoms with Crippen LogP contribution >= 0.6 is 34.5 Å². The molecule has 28 heavy (non-hydrogen) atoms. The van der Waals surface area contributed by atoms with Crippen LogP contribution in [0.4, 0.5) is 5.69 Å². The largest absolute Gasteiger partial charge is 0.462 e. The maximum absolute atomic E-state index is 12.8. The maximum atomic E-state index is 12.8. The van der Waals surface area contributed by atoms with E-state index >= 15 is 0 Å². The Morgan fingerprint density at radius 1 is 1.32 bits per heavy atom. The van der Waals surface area contributed by atoms with Gasteiger partial charge in [0.2, 0.25) is 5.91 Å². The summed E-state index contributed by atoms with van der Waals surface area (Å²) >= 11 is 13.0. The number of nitrogens with zero attached hydrogens (tertiary/aromatic N) is 2. The number of anilines is 1. The molecule has 3 aromatic rings. The molecule has 0 aliphatic carbocycles. The summed E-state index contributed by atoms with van der Waals surface area (Å²) < 4.78 is 6.18. The Bertz CT molecular complexity index is 1140. The van der Waals surface area contributed by atoms with Gasteiger partial charge in [0, 0.05) is 5.02 Å². The van der Waals surface area contributed by atoms with Crippen LogP contribution < -0.4 is 10.9 Å². The Balaban J connectivity index is 1.89. The maximum Gasteiger partial charge on any atom is 0.348 e. The first kappa shape index (κ1) is 20.3. The van der Waals surface area contributed by atoms with Gasteiger partial charge in [0.25, 0.3) is 5.56 Å². The summed E-state index contributed by atoms with van der Waals surface area (Å²) in [4.78, 5) is 42.1. The normalized spacial score (nSPS) is 10.9. The molecule has 7 nitrogen and oxygen atoms in total. The van der Waals surface area contributed by atoms with Crippen LogP contribution in [0.1, 0.15) is 22.2 Å². The Labute approximate surface area is 173 Å². The topological polar surface area (TPSA) is 90.3 Å². The van der Waals surface area contributed by atoms with Crippen molar-refractivity contribution in [1.82, 2.24) is 9.55 Å². The van der Waals surface area contributed by atoms with Crippen LogP contribution in [0.15, 0.2) is 29.3 Å². The highest BCUT2D eigenvalue weighted by molar-refractivity contribution is 7.20. The summed E-state index contributed by atoms with van der Waals surface area (Å²) in [5, 5.41) is 3.65. The third-order valence-corrected chi connectivity index (χ3v) is 5.64. The number of rotatable bonds is 5. The van der Waals surface area contributed by atoms with Crippen LogP contribution in [-0.4, -0.2) is 28.0 Å². The molecule has 0 atom stereocenters. The fraction of sp³-hybridized carbons (Fsp3) is 0.222. The monoisotopic (exact) mass is 439 g/mol. The lowest BCUT2D eigenvalue weighted by atomic mass is 10.2. The molecule has 1 aromatic carbocycles. The molecule has 0 fully saturated rings. The molecular formula is C18H15Cl2N3O4S. The third kappa shape index (κ3) is 4.04. The minimum Gasteiger partial charge on any atom is -0.462 e. The molecule has 0 radical (unpaired) electrons. The molecule has 0 saturated carbocycles. The Kier molecular flexibility index (Phi) is 6.02. The zero-order valence-electron chi connectivity index (χ0n) is 14.9. The van der Waals surface area contributed by atoms with Gasteiger partial charge in [-0.05, 0) is 37.6 Å². The van der Waals surface area contributed by atoms with Crippen molar-refractivity contribution in [3.05, 3.63) is 55.4 Å². The Hall–Kier alpha value is -2.42. The number of carbonyl (C=O) groups excluding carboxylic acids is 2. The number of nitrogens with one attached hydrogen (secondary N) is 1. The van der Waals surface area contributed by atoms with Crippen molar-refractivity contribution in [3.63, 3.8) is 0 Å². The fourth-order valence-corrected chi connectivity index (χ4v) is 3.97. The van der Waals surface area contributed by atoms with Gasteiger partial charge in [0.15, 0.2) is 0 Å². The lowest BCUT2D eigenvalue weighted by Crippen LogP contribution is -2.28. The number of esters is 1. The first-order valence-corrected chi connectivity index (χ1v) is 9.79. The van der Waals surface area contributed by atoms with E-state index in [1.807, 2.05) is 0 Å². The van der Waals surface area contributed by atoms with Crippen molar-refractivity contribution in [2.75, 3.05) is 11.9 Å². The van der Waals surface area contributed by atoms with Crippen LogP contribution in [0.5, 0.6) is 0 Å². The third-order valence-electron chi connectivity index (χ3n) is 3.89. The number of benzene rings is 1. The van der Waals surface area contributed by atoms with Crippen LogP contribution in [0.2, 0.25) is 10.0 Å². The molecule has 3 rings (SSSR count). The Morgan fingerprint density at radius 2 is 2.07 bits per heavy atom. The summed E-state index contributed by atoms with van der Waals surface area (Å²) in [6, 6.07) is 4.67. The summed E-state index contributed by atoms with van der Waals surface area (Å²) in [5.41, 5.74) is 0.419. The van der Waals surface area contributed by atoms with Gasteiger partial charge in [-0.25, -0.2) is 9.78 Å². The zero-order valence-corrected chi connectivity index (χ0v) is 17.2. The molecule has 1 N–H and O–H groups in total. The minimum atomic E-state index is -0.498. The second kappa shape index (κ2) is 8.30. The summed E-state index contributed by atoms with van der Waals surface area (Å²) in [5.74, 6) is -0.965. The first-order valence-electron chi connectivity index (χ1n) is 8.22. The number of hydrogen-bond donors (Lipinski definition) is 1. The first-order chi connectivity index (χ1) is 13.3. The van der Waals surface area contributed by atoms with Crippen LogP contribution in [0.3, 0.4) is 0 Å². The van der Waals surface area contributed by atoms with E-state index in [0.717, 1.165) is 11.3 Å². The predicted octanol–water partition coefficient (Wildman–Crippen LogP) is 3.89. The number of aryl methyl sites for hydroxylation is 1. The van der Waals surface area contributed by atoms with Crippen LogP contribution in [-0.2, 0) is 16.1 Å². The average molecular weight is 440 g/mol. The molecule has 0 saturated heterocycles. The fourth-order valence-electron chi connectivity index (χ4n) is 2.60. The van der Waals surface area contributed by atoms with Crippen molar-refractivity contribution < 1.29 is 14.3 Å². The summed E-state index contributed by atoms with van der Waals surface area (Å²) in [6.07, 6.45) is 1.27. The van der Waals surface area contributed by atoms with Crippen LogP contribution in [0.25, 0.3) is 10.2 Å². The van der Waals surface area contributed by atoms with E-state index in [1.54, 1.807) is 26.0 Å². The van der Waals surface area contributed by atoms with E-state index in [4.69, 9.17) is 27.9 Å². The van der Waals surface area contributed by atoms with Crippen LogP contribution in [0, 0.1) is 6.92 Å². The number of thiophene rings is 1. The number of hydrogen-bond acceptors (Lipinski definition) is 6. The molecular weight excluding hydrogens is 425 g/mol. The lowest BCUT2D eigenvalue weighted by molar-refractivity contribution is -0.116. The summed E-state index contributed by atoms with van der Waals surface area (Å²) in [7, 11) is 0. The van der Waals surface area contributed by atoms with E-state index in [0.29, 0.717) is 36.4 Å². The van der Waals surface area contributed by atoms with Gasteiger partial charge >= 0.3 is 5.97 Å². The molecule has 0 unspecified atom stereocenters. The minimum absolute atomic E-state index is 0.233. The highest BCUT2D eigenvalue weighted by atomic mass is 35.5. The van der Waals surface area contributed by atoms with Gasteiger partial charge in [-0.2, -0.15) is 0 Å². The van der Waals surface area contributed by atoms with Gasteiger partial charge in [0.1, 0.15) is 16.3 Å². The molecule has 0 aliphatic rings. The molecule has 2 heterocycles. The Morgan fingerprint density at radius 3 is 2.79 bits per heavy atom. The second-order valence-electron chi connectivity index (χ2n) is 5.81. The van der Waals surface area contributed by atoms with E-state index in [1.165, 1.54) is 17.0 Å². The van der Waals surface area contributed by atoms with Gasteiger partial charge in [0.05, 0.1) is 29.0 Å². The quantitative estimate of drug-likeness (QED) is 0.608. The predicted molar refractivity (Wildman–Crippen MR) is 110 cm³/mol. The van der Waals surface area contributed by atoms with E-state index in [2.05, 4.69) is 10.3 Å². The van der Waals surface area contributed by atoms with E-state index < -0.39 is 17.4 Å². The van der Waals surface area contributed by atoms with Crippen molar-refractivity contribution in [1.29, 1.82) is 0 Å². The van der Waals surface area contributed by atoms with Crippen molar-refractivity contribution >= 4 is 62.3 Å². The van der Waals surface area contributed by atoms with E-state index in [-0.39, 0.29) is 13.2 Å². The standard InChI is InChI=1S/C18H15Cl2N3O4S/c1-3-27-18(26)15-9(2)14-16(28-15)21-8-23(17(14)25)7-13(24)22-12-6-10(19)4-5-11(12)20/h4-6,8H,3,7H2,1-2H3,(H,22,24). The molecule has 2 aromatic heterocycles. The smallest absolute Gasteiger partial charge is 0.348 e. The molecule has 10 heteroatoms. The SMILES string of the molecule is CCOC(=O)c1sc2ncn(CC(=O)Nc3cc(Cl)ccc3Cl)c(=O)c2c1C. The second-order valence-corrected chi connectivity index (χ2v) is 7.65. The lowest BCUT2D eigenvalue weighted by Gasteiger charge is -2.09. The van der Waals surface area contributed by atoms with Gasteiger partial charge in [-0.3, -0.25) is 14.2 Å². The number of amides is 1. The number of halogens is 2. The number of fused-ring (bicyclic) bond motifs is 1. The number of carbonyl (C=O) groups is 2. The highest BCUT2D eigenvalue weighted by Crippen LogP contribution is 2.28. The zero-order chi connectivity index (χ0) is 20.4. The molecule has 0 bridgehead atoms. The average Bonchev–Trinajstić information content (AvgIpc) is 2.98. The molecule has 146 valence electrons. The number of aromatic nitrogens is 2.